The molecule has 0 spiro atoms. The molecule has 1 heterocycles. The number of rotatable bonds is 5. The Hall–Kier alpha value is -5.14. The summed E-state index contributed by atoms with van der Waals surface area (Å²) in [5, 5.41) is 7.66. The van der Waals surface area contributed by atoms with Crippen LogP contribution in [-0.4, -0.2) is 0 Å². The van der Waals surface area contributed by atoms with E-state index in [9.17, 15) is 0 Å². The van der Waals surface area contributed by atoms with Gasteiger partial charge < -0.3 is 4.42 Å². The number of hydrogen-bond acceptors (Lipinski definition) is 1. The smallest absolute Gasteiger partial charge is 0.135 e. The van der Waals surface area contributed by atoms with Gasteiger partial charge in [-0.15, -0.1) is 0 Å². The first-order chi connectivity index (χ1) is 22.1. The first-order valence-corrected chi connectivity index (χ1v) is 16.1. The predicted octanol–water partition coefficient (Wildman–Crippen LogP) is 11.8. The average Bonchev–Trinajstić information content (AvgIpc) is 3.57. The fraction of sp³-hybridized carbons (Fsp3) is 0.136. The SMILES string of the molecule is CC1(C)c2ccccc2-c2cccc(CC(Cc3cccc4oc5ccccc5c34)c3ccc4c(ccc5ccccc54)c3)c21. The normalized spacial score (nSPS) is 14.3. The van der Waals surface area contributed by atoms with Crippen molar-refractivity contribution in [1.82, 2.24) is 0 Å². The van der Waals surface area contributed by atoms with Crippen LogP contribution in [0.3, 0.4) is 0 Å². The van der Waals surface area contributed by atoms with Crippen molar-refractivity contribution < 1.29 is 4.42 Å². The number of para-hydroxylation sites is 1. The molecule has 7 aromatic carbocycles. The maximum atomic E-state index is 6.32. The third kappa shape index (κ3) is 4.07. The van der Waals surface area contributed by atoms with Crippen molar-refractivity contribution >= 4 is 43.5 Å². The lowest BCUT2D eigenvalue weighted by atomic mass is 9.77. The predicted molar refractivity (Wildman–Crippen MR) is 189 cm³/mol. The molecule has 45 heavy (non-hydrogen) atoms. The lowest BCUT2D eigenvalue weighted by Crippen LogP contribution is -2.19. The second kappa shape index (κ2) is 9.94. The summed E-state index contributed by atoms with van der Waals surface area (Å²) in [7, 11) is 0. The Morgan fingerprint density at radius 1 is 0.533 bits per heavy atom. The summed E-state index contributed by atoms with van der Waals surface area (Å²) in [4.78, 5) is 0. The first kappa shape index (κ1) is 26.3. The molecule has 0 N–H and O–H groups in total. The Bertz CT molecular complexity index is 2420. The lowest BCUT2D eigenvalue weighted by molar-refractivity contribution is 0.627. The van der Waals surface area contributed by atoms with Crippen molar-refractivity contribution in [3.8, 4) is 11.1 Å². The molecule has 0 saturated carbocycles. The molecular weight excluding hydrogens is 544 g/mol. The van der Waals surface area contributed by atoms with Crippen molar-refractivity contribution in [2.24, 2.45) is 0 Å². The molecule has 8 aromatic rings. The molecule has 0 aliphatic heterocycles. The van der Waals surface area contributed by atoms with Gasteiger partial charge in [-0.1, -0.05) is 141 Å². The van der Waals surface area contributed by atoms with Crippen LogP contribution < -0.4 is 0 Å². The Morgan fingerprint density at radius 3 is 2.13 bits per heavy atom. The van der Waals surface area contributed by atoms with E-state index >= 15 is 0 Å². The molecule has 0 bridgehead atoms. The minimum atomic E-state index is -0.0455. The van der Waals surface area contributed by atoms with E-state index in [-0.39, 0.29) is 11.3 Å². The molecule has 1 aromatic heterocycles. The third-order valence-electron chi connectivity index (χ3n) is 10.3. The molecule has 0 radical (unpaired) electrons. The molecule has 1 aliphatic carbocycles. The molecule has 9 rings (SSSR count). The summed E-state index contributed by atoms with van der Waals surface area (Å²) in [6, 6.07) is 51.4. The van der Waals surface area contributed by atoms with Crippen LogP contribution in [0.4, 0.5) is 0 Å². The Labute approximate surface area is 263 Å². The van der Waals surface area contributed by atoms with Gasteiger partial charge in [-0.2, -0.15) is 0 Å². The van der Waals surface area contributed by atoms with Crippen LogP contribution in [0.15, 0.2) is 144 Å². The van der Waals surface area contributed by atoms with E-state index in [0.717, 1.165) is 24.0 Å². The first-order valence-electron chi connectivity index (χ1n) is 16.1. The van der Waals surface area contributed by atoms with Crippen molar-refractivity contribution in [2.45, 2.75) is 38.0 Å². The van der Waals surface area contributed by atoms with Crippen LogP contribution in [0.2, 0.25) is 0 Å². The average molecular weight is 579 g/mol. The second-order valence-corrected chi connectivity index (χ2v) is 13.3. The van der Waals surface area contributed by atoms with Crippen molar-refractivity contribution in [1.29, 1.82) is 0 Å². The lowest BCUT2D eigenvalue weighted by Gasteiger charge is -2.27. The fourth-order valence-corrected chi connectivity index (χ4v) is 8.27. The Morgan fingerprint density at radius 2 is 1.20 bits per heavy atom. The van der Waals surface area contributed by atoms with Crippen LogP contribution in [0.5, 0.6) is 0 Å². The highest BCUT2D eigenvalue weighted by molar-refractivity contribution is 6.08. The summed E-state index contributed by atoms with van der Waals surface area (Å²) in [5.41, 5.74) is 11.7. The third-order valence-corrected chi connectivity index (χ3v) is 10.3. The van der Waals surface area contributed by atoms with E-state index < -0.39 is 0 Å². The fourth-order valence-electron chi connectivity index (χ4n) is 8.27. The summed E-state index contributed by atoms with van der Waals surface area (Å²) in [6.45, 7) is 4.80. The Kier molecular flexibility index (Phi) is 5.80. The number of furan rings is 1. The summed E-state index contributed by atoms with van der Waals surface area (Å²) < 4.78 is 6.32. The molecule has 0 amide bonds. The monoisotopic (exact) mass is 578 g/mol. The van der Waals surface area contributed by atoms with Crippen LogP contribution in [0, 0.1) is 0 Å². The summed E-state index contributed by atoms with van der Waals surface area (Å²) >= 11 is 0. The van der Waals surface area contributed by atoms with Crippen molar-refractivity contribution in [3.05, 3.63) is 167 Å². The molecule has 0 fully saturated rings. The van der Waals surface area contributed by atoms with Gasteiger partial charge in [-0.3, -0.25) is 0 Å². The van der Waals surface area contributed by atoms with Gasteiger partial charge in [-0.25, -0.2) is 0 Å². The zero-order chi connectivity index (χ0) is 30.1. The zero-order valence-corrected chi connectivity index (χ0v) is 25.7. The van der Waals surface area contributed by atoms with Crippen LogP contribution in [0.25, 0.3) is 54.6 Å². The highest BCUT2D eigenvalue weighted by Crippen LogP contribution is 2.50. The largest absolute Gasteiger partial charge is 0.456 e. The molecule has 1 heteroatoms. The van der Waals surface area contributed by atoms with E-state index in [1.165, 1.54) is 71.3 Å². The molecule has 1 unspecified atom stereocenters. The standard InChI is InChI=1S/C44H34O/c1-44(2)39-18-7-5-15-36(39)37-17-9-13-32(43(37)44)27-33(26-31-12-10-20-41-42(31)38-16-6-8-19-40(38)45-41)29-23-24-35-30(25-29)22-21-28-11-3-4-14-34(28)35/h3-25,33H,26-27H2,1-2H3. The number of fused-ring (bicyclic) bond motifs is 9. The zero-order valence-electron chi connectivity index (χ0n) is 25.7. The van der Waals surface area contributed by atoms with Gasteiger partial charge >= 0.3 is 0 Å². The molecule has 1 nitrogen and oxygen atoms in total. The minimum Gasteiger partial charge on any atom is -0.456 e. The van der Waals surface area contributed by atoms with E-state index in [0.29, 0.717) is 0 Å². The van der Waals surface area contributed by atoms with Gasteiger partial charge in [0.15, 0.2) is 0 Å². The van der Waals surface area contributed by atoms with Crippen LogP contribution in [0.1, 0.15) is 47.6 Å². The van der Waals surface area contributed by atoms with E-state index in [1.807, 2.05) is 0 Å². The topological polar surface area (TPSA) is 13.1 Å². The van der Waals surface area contributed by atoms with Gasteiger partial charge in [0.2, 0.25) is 0 Å². The number of hydrogen-bond donors (Lipinski definition) is 0. The number of benzene rings is 7. The Balaban J connectivity index is 1.22. The van der Waals surface area contributed by atoms with Gasteiger partial charge in [0.1, 0.15) is 11.2 Å². The molecule has 216 valence electrons. The minimum absolute atomic E-state index is 0.0455. The van der Waals surface area contributed by atoms with Gasteiger partial charge in [-0.05, 0) is 91.4 Å². The summed E-state index contributed by atoms with van der Waals surface area (Å²) in [6.07, 6.45) is 1.89. The van der Waals surface area contributed by atoms with Crippen LogP contribution in [-0.2, 0) is 18.3 Å². The van der Waals surface area contributed by atoms with E-state index in [4.69, 9.17) is 4.42 Å². The van der Waals surface area contributed by atoms with E-state index in [2.05, 4.69) is 153 Å². The van der Waals surface area contributed by atoms with Crippen molar-refractivity contribution in [3.63, 3.8) is 0 Å². The quantitative estimate of drug-likeness (QED) is 0.185. The van der Waals surface area contributed by atoms with E-state index in [1.54, 1.807) is 0 Å². The van der Waals surface area contributed by atoms with Crippen molar-refractivity contribution in [2.75, 3.05) is 0 Å². The molecule has 0 saturated heterocycles. The van der Waals surface area contributed by atoms with Gasteiger partial charge in [0.05, 0.1) is 0 Å². The van der Waals surface area contributed by atoms with Gasteiger partial charge in [0, 0.05) is 16.2 Å². The highest BCUT2D eigenvalue weighted by atomic mass is 16.3. The molecule has 1 aliphatic rings. The molecule has 1 atom stereocenters. The maximum Gasteiger partial charge on any atom is 0.135 e. The van der Waals surface area contributed by atoms with Gasteiger partial charge in [0.25, 0.3) is 0 Å². The molecular formula is C44H34O. The highest BCUT2D eigenvalue weighted by Gasteiger charge is 2.37. The second-order valence-electron chi connectivity index (χ2n) is 13.3. The summed E-state index contributed by atoms with van der Waals surface area (Å²) in [5.74, 6) is 0.283. The maximum absolute atomic E-state index is 6.32. The van der Waals surface area contributed by atoms with Crippen LogP contribution >= 0.6 is 0 Å².